The van der Waals surface area contributed by atoms with Gasteiger partial charge in [0, 0.05) is 19.5 Å². The summed E-state index contributed by atoms with van der Waals surface area (Å²) in [5.41, 5.74) is -0.807. The van der Waals surface area contributed by atoms with E-state index in [1.807, 2.05) is 0 Å². The molecule has 5 nitrogen and oxygen atoms in total. The number of alkyl halides is 6. The van der Waals surface area contributed by atoms with Gasteiger partial charge in [-0.3, -0.25) is 4.79 Å². The van der Waals surface area contributed by atoms with Gasteiger partial charge in [-0.25, -0.2) is 4.98 Å². The quantitative estimate of drug-likeness (QED) is 0.306. The van der Waals surface area contributed by atoms with Gasteiger partial charge in [-0.2, -0.15) is 13.2 Å². The molecule has 0 spiro atoms. The van der Waals surface area contributed by atoms with E-state index in [1.165, 1.54) is 12.1 Å². The Bertz CT molecular complexity index is 899. The molecule has 0 bridgehead atoms. The van der Waals surface area contributed by atoms with Crippen LogP contribution < -0.4 is 15.4 Å². The maximum Gasteiger partial charge on any atom is 0.573 e. The molecule has 0 fully saturated rings. The third-order valence-corrected chi connectivity index (χ3v) is 5.56. The van der Waals surface area contributed by atoms with Gasteiger partial charge in [-0.05, 0) is 37.1 Å². The van der Waals surface area contributed by atoms with Gasteiger partial charge in [0.2, 0.25) is 0 Å². The first-order valence-electron chi connectivity index (χ1n) is 10.4. The van der Waals surface area contributed by atoms with Gasteiger partial charge in [-0.15, -0.1) is 24.5 Å². The molecule has 0 radical (unpaired) electrons. The van der Waals surface area contributed by atoms with E-state index in [0.29, 0.717) is 23.4 Å². The summed E-state index contributed by atoms with van der Waals surface area (Å²) in [7, 11) is 0. The van der Waals surface area contributed by atoms with Gasteiger partial charge in [0.1, 0.15) is 10.6 Å². The van der Waals surface area contributed by atoms with Crippen LogP contribution in [0.1, 0.15) is 52.1 Å². The maximum absolute atomic E-state index is 13.4. The van der Waals surface area contributed by atoms with E-state index in [9.17, 15) is 31.1 Å². The van der Waals surface area contributed by atoms with Crippen molar-refractivity contribution in [3.63, 3.8) is 0 Å². The first-order valence-corrected chi connectivity index (χ1v) is 11.2. The Kier molecular flexibility index (Phi) is 9.96. The van der Waals surface area contributed by atoms with E-state index in [2.05, 4.69) is 27.3 Å². The topological polar surface area (TPSA) is 63.2 Å². The highest BCUT2D eigenvalue weighted by Crippen LogP contribution is 2.34. The first-order chi connectivity index (χ1) is 15.5. The molecule has 0 aliphatic rings. The number of aromatic nitrogens is 1. The number of nitrogens with zero attached hydrogens (tertiary/aromatic N) is 1. The maximum atomic E-state index is 13.4. The van der Waals surface area contributed by atoms with Crippen molar-refractivity contribution in [1.29, 1.82) is 0 Å². The van der Waals surface area contributed by atoms with E-state index < -0.39 is 34.8 Å². The lowest BCUT2D eigenvalue weighted by molar-refractivity contribution is -0.274. The Labute approximate surface area is 191 Å². The Morgan fingerprint density at radius 2 is 1.82 bits per heavy atom. The van der Waals surface area contributed by atoms with Crippen LogP contribution in [-0.2, 0) is 19.0 Å². The van der Waals surface area contributed by atoms with Crippen molar-refractivity contribution in [2.24, 2.45) is 0 Å². The third kappa shape index (κ3) is 9.58. The smallest absolute Gasteiger partial charge is 0.406 e. The van der Waals surface area contributed by atoms with E-state index in [4.69, 9.17) is 0 Å². The predicted octanol–water partition coefficient (Wildman–Crippen LogP) is 5.36. The number of carbonyl (C=O) groups excluding carboxylic acids is 1. The fourth-order valence-corrected chi connectivity index (χ4v) is 3.94. The van der Waals surface area contributed by atoms with Gasteiger partial charge in [0.05, 0.1) is 5.01 Å². The molecule has 0 unspecified atom stereocenters. The second-order valence-corrected chi connectivity index (χ2v) is 8.27. The lowest BCUT2D eigenvalue weighted by Gasteiger charge is -2.10. The average molecular weight is 498 g/mol. The highest BCUT2D eigenvalue weighted by Gasteiger charge is 2.39. The number of thiazole rings is 1. The minimum atomic E-state index is -4.84. The van der Waals surface area contributed by atoms with E-state index in [0.717, 1.165) is 37.9 Å². The first kappa shape index (κ1) is 26.9. The molecule has 0 aliphatic heterocycles. The lowest BCUT2D eigenvalue weighted by atomic mass is 10.1. The molecule has 1 aromatic carbocycles. The van der Waals surface area contributed by atoms with Crippen LogP contribution in [0, 0.1) is 0 Å². The Morgan fingerprint density at radius 1 is 1.06 bits per heavy atom. The second-order valence-electron chi connectivity index (χ2n) is 7.19. The summed E-state index contributed by atoms with van der Waals surface area (Å²) >= 11 is 0.690. The molecule has 2 N–H and O–H groups in total. The molecule has 33 heavy (non-hydrogen) atoms. The highest BCUT2D eigenvalue weighted by atomic mass is 32.1. The number of rotatable bonds is 12. The van der Waals surface area contributed by atoms with Crippen LogP contribution in [0.15, 0.2) is 24.3 Å². The zero-order chi connectivity index (χ0) is 24.5. The molecule has 12 heteroatoms. The number of unbranched alkanes of at least 4 members (excludes halogenated alkanes) is 2. The number of halogens is 6. The second kappa shape index (κ2) is 12.2. The van der Waals surface area contributed by atoms with Crippen molar-refractivity contribution in [1.82, 2.24) is 15.6 Å². The van der Waals surface area contributed by atoms with E-state index >= 15 is 0 Å². The largest absolute Gasteiger partial charge is 0.573 e. The Morgan fingerprint density at radius 3 is 2.48 bits per heavy atom. The molecular weight excluding hydrogens is 472 g/mol. The molecule has 1 amide bonds. The van der Waals surface area contributed by atoms with Crippen LogP contribution in [0.4, 0.5) is 26.3 Å². The monoisotopic (exact) mass is 497 g/mol. The Hall–Kier alpha value is -2.34. The van der Waals surface area contributed by atoms with Gasteiger partial charge < -0.3 is 15.4 Å². The summed E-state index contributed by atoms with van der Waals surface area (Å²) in [6.07, 6.45) is -6.15. The average Bonchev–Trinajstić information content (AvgIpc) is 3.14. The van der Waals surface area contributed by atoms with Crippen molar-refractivity contribution in [2.75, 3.05) is 19.6 Å². The fourth-order valence-electron chi connectivity index (χ4n) is 2.94. The van der Waals surface area contributed by atoms with Crippen molar-refractivity contribution in [2.45, 2.75) is 51.6 Å². The van der Waals surface area contributed by atoms with Crippen LogP contribution in [0.3, 0.4) is 0 Å². The molecular formula is C21H25F6N3O2S. The molecule has 0 saturated carbocycles. The van der Waals surface area contributed by atoms with E-state index in [1.54, 1.807) is 0 Å². The van der Waals surface area contributed by atoms with Crippen LogP contribution in [0.25, 0.3) is 0 Å². The van der Waals surface area contributed by atoms with Gasteiger partial charge in [0.15, 0.2) is 5.69 Å². The number of amides is 1. The molecule has 1 aromatic heterocycles. The lowest BCUT2D eigenvalue weighted by Crippen LogP contribution is -2.27. The molecule has 0 aliphatic carbocycles. The SMILES string of the molecule is CCCCCNCCc1nc(C(F)(F)F)c(C(=O)NCCc2cccc(OC(F)(F)F)c2)s1. The molecule has 0 atom stereocenters. The standard InChI is InChI=1S/C21H25F6N3O2S/c1-2-3-4-10-28-11-9-16-30-18(20(22,23)24)17(33-16)19(31)29-12-8-14-6-5-7-15(13-14)32-21(25,26)27/h5-7,13,28H,2-4,8-12H2,1H3,(H,29,31). The van der Waals surface area contributed by atoms with Crippen molar-refractivity contribution >= 4 is 17.2 Å². The van der Waals surface area contributed by atoms with Gasteiger partial charge >= 0.3 is 12.5 Å². The summed E-state index contributed by atoms with van der Waals surface area (Å²) in [4.78, 5) is 15.5. The van der Waals surface area contributed by atoms with E-state index in [-0.39, 0.29) is 24.4 Å². The van der Waals surface area contributed by atoms with Crippen molar-refractivity contribution in [3.8, 4) is 5.75 Å². The van der Waals surface area contributed by atoms with Crippen LogP contribution >= 0.6 is 11.3 Å². The molecule has 0 saturated heterocycles. The zero-order valence-corrected chi connectivity index (χ0v) is 18.7. The summed E-state index contributed by atoms with van der Waals surface area (Å²) in [5, 5.41) is 5.73. The zero-order valence-electron chi connectivity index (χ0n) is 17.9. The number of benzene rings is 1. The number of nitrogens with one attached hydrogen (secondary N) is 2. The number of carbonyl (C=O) groups is 1. The molecule has 184 valence electrons. The normalized spacial score (nSPS) is 12.1. The Balaban J connectivity index is 1.95. The van der Waals surface area contributed by atoms with Crippen molar-refractivity contribution < 1.29 is 35.9 Å². The minimum Gasteiger partial charge on any atom is -0.406 e. The third-order valence-electron chi connectivity index (χ3n) is 4.45. The molecule has 2 rings (SSSR count). The fraction of sp³-hybridized carbons (Fsp3) is 0.524. The summed E-state index contributed by atoms with van der Waals surface area (Å²) < 4.78 is 80.9. The molecule has 1 heterocycles. The van der Waals surface area contributed by atoms with Crippen LogP contribution in [0.2, 0.25) is 0 Å². The number of ether oxygens (including phenoxy) is 1. The van der Waals surface area contributed by atoms with Gasteiger partial charge in [-0.1, -0.05) is 31.9 Å². The van der Waals surface area contributed by atoms with Gasteiger partial charge in [0.25, 0.3) is 5.91 Å². The summed E-state index contributed by atoms with van der Waals surface area (Å²) in [5.74, 6) is -1.34. The predicted molar refractivity (Wildman–Crippen MR) is 112 cm³/mol. The summed E-state index contributed by atoms with van der Waals surface area (Å²) in [6, 6.07) is 5.16. The minimum absolute atomic E-state index is 0.0716. The molecule has 2 aromatic rings. The highest BCUT2D eigenvalue weighted by molar-refractivity contribution is 7.13. The van der Waals surface area contributed by atoms with Crippen molar-refractivity contribution in [3.05, 3.63) is 45.4 Å². The van der Waals surface area contributed by atoms with Crippen LogP contribution in [0.5, 0.6) is 5.75 Å². The summed E-state index contributed by atoms with van der Waals surface area (Å²) in [6.45, 7) is 3.21. The van der Waals surface area contributed by atoms with Crippen LogP contribution in [-0.4, -0.2) is 36.9 Å². The number of hydrogen-bond donors (Lipinski definition) is 2. The number of hydrogen-bond acceptors (Lipinski definition) is 5.